The summed E-state index contributed by atoms with van der Waals surface area (Å²) in [5.41, 5.74) is 10.0. The summed E-state index contributed by atoms with van der Waals surface area (Å²) in [4.78, 5) is 19.0. The molecule has 1 amide bonds. The summed E-state index contributed by atoms with van der Waals surface area (Å²) < 4.78 is 0. The molecule has 0 radical (unpaired) electrons. The van der Waals surface area contributed by atoms with Crippen LogP contribution in [0.1, 0.15) is 27.2 Å². The minimum atomic E-state index is -0.0938. The fourth-order valence-corrected chi connectivity index (χ4v) is 1.94. The summed E-state index contributed by atoms with van der Waals surface area (Å²) in [6.45, 7) is 4.41. The number of nitrogens with zero attached hydrogens (tertiary/aromatic N) is 1. The second-order valence-corrected chi connectivity index (χ2v) is 4.61. The van der Waals surface area contributed by atoms with Crippen LogP contribution >= 0.6 is 0 Å². The molecule has 5 heteroatoms. The number of nitrogen functional groups attached to an aromatic ring is 1. The molecule has 1 heterocycles. The molecule has 4 N–H and O–H groups in total. The number of aromatic nitrogens is 2. The van der Waals surface area contributed by atoms with E-state index in [-0.39, 0.29) is 5.91 Å². The first kappa shape index (κ1) is 13.1. The second-order valence-electron chi connectivity index (χ2n) is 4.61. The highest BCUT2D eigenvalue weighted by molar-refractivity contribution is 5.96. The van der Waals surface area contributed by atoms with Crippen LogP contribution < -0.4 is 11.1 Å². The number of H-pyrrole nitrogens is 1. The molecular formula is C14H18N4O. The molecule has 1 aromatic heterocycles. The van der Waals surface area contributed by atoms with Crippen LogP contribution in [-0.2, 0) is 6.42 Å². The van der Waals surface area contributed by atoms with Gasteiger partial charge in [-0.05, 0) is 31.0 Å². The molecule has 0 saturated heterocycles. The maximum absolute atomic E-state index is 12.1. The van der Waals surface area contributed by atoms with Gasteiger partial charge in [0, 0.05) is 36.1 Å². The molecule has 19 heavy (non-hydrogen) atoms. The van der Waals surface area contributed by atoms with E-state index in [2.05, 4.69) is 15.3 Å². The van der Waals surface area contributed by atoms with Gasteiger partial charge >= 0.3 is 0 Å². The lowest BCUT2D eigenvalue weighted by atomic mass is 10.0. The molecule has 0 atom stereocenters. The highest BCUT2D eigenvalue weighted by atomic mass is 16.1. The summed E-state index contributed by atoms with van der Waals surface area (Å²) >= 11 is 0. The largest absolute Gasteiger partial charge is 0.398 e. The van der Waals surface area contributed by atoms with Crippen molar-refractivity contribution in [2.45, 2.75) is 20.3 Å². The van der Waals surface area contributed by atoms with Crippen molar-refractivity contribution in [3.8, 4) is 0 Å². The van der Waals surface area contributed by atoms with Gasteiger partial charge < -0.3 is 16.0 Å². The maximum Gasteiger partial charge on any atom is 0.251 e. The van der Waals surface area contributed by atoms with Gasteiger partial charge in [0.25, 0.3) is 5.91 Å². The van der Waals surface area contributed by atoms with Crippen molar-refractivity contribution >= 4 is 11.6 Å². The van der Waals surface area contributed by atoms with E-state index in [1.807, 2.05) is 19.9 Å². The zero-order valence-electron chi connectivity index (χ0n) is 11.2. The molecule has 2 rings (SSSR count). The minimum Gasteiger partial charge on any atom is -0.398 e. The number of hydrogen-bond donors (Lipinski definition) is 3. The Hall–Kier alpha value is -2.30. The molecular weight excluding hydrogens is 240 g/mol. The number of hydrogen-bond acceptors (Lipinski definition) is 3. The van der Waals surface area contributed by atoms with Crippen molar-refractivity contribution in [2.75, 3.05) is 12.3 Å². The Kier molecular flexibility index (Phi) is 3.85. The van der Waals surface area contributed by atoms with Crippen LogP contribution in [0.15, 0.2) is 24.7 Å². The van der Waals surface area contributed by atoms with Gasteiger partial charge in [-0.3, -0.25) is 4.79 Å². The number of amides is 1. The van der Waals surface area contributed by atoms with Gasteiger partial charge in [-0.1, -0.05) is 6.07 Å². The number of carbonyl (C=O) groups excluding carboxylic acids is 1. The van der Waals surface area contributed by atoms with Gasteiger partial charge in [0.1, 0.15) is 0 Å². The third kappa shape index (κ3) is 3.13. The molecule has 1 aromatic carbocycles. The molecule has 0 aliphatic rings. The zero-order chi connectivity index (χ0) is 13.8. The van der Waals surface area contributed by atoms with Gasteiger partial charge in [0.05, 0.1) is 6.33 Å². The molecule has 5 nitrogen and oxygen atoms in total. The smallest absolute Gasteiger partial charge is 0.251 e. The van der Waals surface area contributed by atoms with Crippen LogP contribution in [0.2, 0.25) is 0 Å². The van der Waals surface area contributed by atoms with E-state index in [9.17, 15) is 4.79 Å². The second kappa shape index (κ2) is 5.56. The molecule has 0 saturated carbocycles. The number of imidazole rings is 1. The first-order valence-electron chi connectivity index (χ1n) is 6.20. The van der Waals surface area contributed by atoms with E-state index >= 15 is 0 Å². The Morgan fingerprint density at radius 2 is 2.16 bits per heavy atom. The number of carbonyl (C=O) groups is 1. The van der Waals surface area contributed by atoms with Crippen molar-refractivity contribution in [3.63, 3.8) is 0 Å². The van der Waals surface area contributed by atoms with Crippen LogP contribution in [0.25, 0.3) is 0 Å². The number of anilines is 1. The van der Waals surface area contributed by atoms with Crippen LogP contribution in [-0.4, -0.2) is 22.4 Å². The van der Waals surface area contributed by atoms with Crippen LogP contribution in [0.4, 0.5) is 5.69 Å². The Labute approximate surface area is 112 Å². The summed E-state index contributed by atoms with van der Waals surface area (Å²) in [7, 11) is 0. The minimum absolute atomic E-state index is 0.0938. The lowest BCUT2D eigenvalue weighted by molar-refractivity contribution is 0.0953. The first-order valence-corrected chi connectivity index (χ1v) is 6.20. The van der Waals surface area contributed by atoms with Gasteiger partial charge in [0.15, 0.2) is 0 Å². The molecule has 0 fully saturated rings. The van der Waals surface area contributed by atoms with Crippen molar-refractivity contribution in [1.29, 1.82) is 0 Å². The number of benzene rings is 1. The lowest BCUT2D eigenvalue weighted by Gasteiger charge is -2.10. The lowest BCUT2D eigenvalue weighted by Crippen LogP contribution is -2.26. The van der Waals surface area contributed by atoms with Gasteiger partial charge in [-0.25, -0.2) is 4.98 Å². The first-order chi connectivity index (χ1) is 9.08. The van der Waals surface area contributed by atoms with Crippen LogP contribution in [0, 0.1) is 13.8 Å². The SMILES string of the molecule is Cc1cc(C)c(C(=O)NCCc2cnc[nH]2)cc1N. The monoisotopic (exact) mass is 258 g/mol. The van der Waals surface area contributed by atoms with Crippen molar-refractivity contribution < 1.29 is 4.79 Å². The fraction of sp³-hybridized carbons (Fsp3) is 0.286. The van der Waals surface area contributed by atoms with E-state index in [4.69, 9.17) is 5.73 Å². The Morgan fingerprint density at radius 1 is 1.37 bits per heavy atom. The summed E-state index contributed by atoms with van der Waals surface area (Å²) in [5, 5.41) is 2.88. The number of nitrogens with one attached hydrogen (secondary N) is 2. The molecule has 0 spiro atoms. The quantitative estimate of drug-likeness (QED) is 0.728. The van der Waals surface area contributed by atoms with Crippen molar-refractivity contribution in [1.82, 2.24) is 15.3 Å². The number of nitrogens with two attached hydrogens (primary N) is 1. The summed E-state index contributed by atoms with van der Waals surface area (Å²) in [6, 6.07) is 3.66. The maximum atomic E-state index is 12.1. The number of aromatic amines is 1. The topological polar surface area (TPSA) is 83.8 Å². The van der Waals surface area contributed by atoms with Gasteiger partial charge in [-0.2, -0.15) is 0 Å². The molecule has 0 unspecified atom stereocenters. The van der Waals surface area contributed by atoms with E-state index in [1.165, 1.54) is 0 Å². The van der Waals surface area contributed by atoms with Crippen molar-refractivity contribution in [2.24, 2.45) is 0 Å². The molecule has 0 aliphatic heterocycles. The Morgan fingerprint density at radius 3 is 2.84 bits per heavy atom. The predicted molar refractivity (Wildman–Crippen MR) is 75.0 cm³/mol. The fourth-order valence-electron chi connectivity index (χ4n) is 1.94. The normalized spacial score (nSPS) is 10.4. The zero-order valence-corrected chi connectivity index (χ0v) is 11.2. The standard InChI is InChI=1S/C14H18N4O/c1-9-5-10(2)13(15)6-12(9)14(19)17-4-3-11-7-16-8-18-11/h5-8H,3-4,15H2,1-2H3,(H,16,18)(H,17,19). The predicted octanol–water partition coefficient (Wildman–Crippen LogP) is 1.58. The summed E-state index contributed by atoms with van der Waals surface area (Å²) in [6.07, 6.45) is 4.11. The third-order valence-electron chi connectivity index (χ3n) is 3.09. The van der Waals surface area contributed by atoms with E-state index in [0.717, 1.165) is 23.2 Å². The molecule has 2 aromatic rings. The van der Waals surface area contributed by atoms with E-state index in [1.54, 1.807) is 18.6 Å². The highest BCUT2D eigenvalue weighted by Crippen LogP contribution is 2.17. The van der Waals surface area contributed by atoms with Gasteiger partial charge in [-0.15, -0.1) is 0 Å². The molecule has 0 bridgehead atoms. The number of aryl methyl sites for hydroxylation is 2. The van der Waals surface area contributed by atoms with E-state index < -0.39 is 0 Å². The van der Waals surface area contributed by atoms with E-state index in [0.29, 0.717) is 17.8 Å². The Balaban J connectivity index is 1.98. The number of rotatable bonds is 4. The molecule has 100 valence electrons. The highest BCUT2D eigenvalue weighted by Gasteiger charge is 2.10. The average molecular weight is 258 g/mol. The van der Waals surface area contributed by atoms with Gasteiger partial charge in [0.2, 0.25) is 0 Å². The summed E-state index contributed by atoms with van der Waals surface area (Å²) in [5.74, 6) is -0.0938. The average Bonchev–Trinajstić information content (AvgIpc) is 2.86. The third-order valence-corrected chi connectivity index (χ3v) is 3.09. The van der Waals surface area contributed by atoms with Crippen molar-refractivity contribution in [3.05, 3.63) is 47.0 Å². The molecule has 0 aliphatic carbocycles. The Bertz CT molecular complexity index is 575. The van der Waals surface area contributed by atoms with Crippen LogP contribution in [0.5, 0.6) is 0 Å². The van der Waals surface area contributed by atoms with Crippen LogP contribution in [0.3, 0.4) is 0 Å².